The number of thiocarbonyl (C=S) groups is 1. The Morgan fingerprint density at radius 2 is 2.00 bits per heavy atom. The summed E-state index contributed by atoms with van der Waals surface area (Å²) in [6.07, 6.45) is 1.38. The number of rotatable bonds is 2. The van der Waals surface area contributed by atoms with E-state index in [1.165, 1.54) is 23.7 Å². The standard InChI is InChI=1S/C11H9N3O3S2/c15-9(7-3-1-5-17-7)13-14-11(18)12-10(16)8-4-2-6-19-8/h1-6H,(H,13,15)(H2,12,14,16,18). The molecule has 19 heavy (non-hydrogen) atoms. The van der Waals surface area contributed by atoms with Gasteiger partial charge in [-0.1, -0.05) is 6.07 Å². The highest BCUT2D eigenvalue weighted by Gasteiger charge is 2.11. The lowest BCUT2D eigenvalue weighted by Gasteiger charge is -2.08. The van der Waals surface area contributed by atoms with E-state index in [2.05, 4.69) is 16.2 Å². The second-order valence-corrected chi connectivity index (χ2v) is 4.67. The predicted octanol–water partition coefficient (Wildman–Crippen LogP) is 1.29. The van der Waals surface area contributed by atoms with Crippen molar-refractivity contribution < 1.29 is 14.0 Å². The van der Waals surface area contributed by atoms with Crippen molar-refractivity contribution in [1.29, 1.82) is 0 Å². The molecule has 0 aliphatic heterocycles. The smallest absolute Gasteiger partial charge is 0.305 e. The maximum absolute atomic E-state index is 11.6. The van der Waals surface area contributed by atoms with E-state index in [0.29, 0.717) is 4.88 Å². The van der Waals surface area contributed by atoms with Gasteiger partial charge in [0, 0.05) is 0 Å². The molecule has 6 nitrogen and oxygen atoms in total. The van der Waals surface area contributed by atoms with E-state index in [0.717, 1.165) is 0 Å². The number of hydrogen-bond acceptors (Lipinski definition) is 5. The molecule has 8 heteroatoms. The molecule has 2 amide bonds. The third kappa shape index (κ3) is 3.63. The molecule has 0 fully saturated rings. The molecular weight excluding hydrogens is 286 g/mol. The van der Waals surface area contributed by atoms with E-state index < -0.39 is 5.91 Å². The average molecular weight is 295 g/mol. The van der Waals surface area contributed by atoms with Gasteiger partial charge in [-0.25, -0.2) is 0 Å². The first-order valence-electron chi connectivity index (χ1n) is 5.15. The molecule has 0 aliphatic carbocycles. The zero-order chi connectivity index (χ0) is 13.7. The minimum Gasteiger partial charge on any atom is -0.459 e. The number of amides is 2. The lowest BCUT2D eigenvalue weighted by Crippen LogP contribution is -2.48. The fourth-order valence-corrected chi connectivity index (χ4v) is 1.95. The van der Waals surface area contributed by atoms with Crippen LogP contribution in [0.3, 0.4) is 0 Å². The summed E-state index contributed by atoms with van der Waals surface area (Å²) >= 11 is 6.16. The number of hydrazine groups is 1. The first-order valence-corrected chi connectivity index (χ1v) is 6.44. The van der Waals surface area contributed by atoms with Crippen LogP contribution < -0.4 is 16.2 Å². The van der Waals surface area contributed by atoms with Crippen LogP contribution in [-0.2, 0) is 0 Å². The normalized spacial score (nSPS) is 9.68. The average Bonchev–Trinajstić information content (AvgIpc) is 3.07. The summed E-state index contributed by atoms with van der Waals surface area (Å²) in [7, 11) is 0. The van der Waals surface area contributed by atoms with E-state index in [4.69, 9.17) is 16.6 Å². The van der Waals surface area contributed by atoms with Crippen LogP contribution in [0.4, 0.5) is 0 Å². The Bertz CT molecular complexity index is 578. The van der Waals surface area contributed by atoms with Crippen molar-refractivity contribution in [3.63, 3.8) is 0 Å². The van der Waals surface area contributed by atoms with E-state index >= 15 is 0 Å². The zero-order valence-electron chi connectivity index (χ0n) is 9.51. The number of furan rings is 1. The first-order chi connectivity index (χ1) is 9.16. The highest BCUT2D eigenvalue weighted by Crippen LogP contribution is 2.07. The number of nitrogens with one attached hydrogen (secondary N) is 3. The van der Waals surface area contributed by atoms with E-state index in [1.807, 2.05) is 0 Å². The van der Waals surface area contributed by atoms with Gasteiger partial charge in [-0.2, -0.15) is 0 Å². The Kier molecular flexibility index (Phi) is 4.26. The fraction of sp³-hybridized carbons (Fsp3) is 0. The number of carbonyl (C=O) groups is 2. The van der Waals surface area contributed by atoms with Crippen molar-refractivity contribution in [3.05, 3.63) is 46.5 Å². The van der Waals surface area contributed by atoms with Gasteiger partial charge < -0.3 is 4.42 Å². The molecule has 2 heterocycles. The van der Waals surface area contributed by atoms with Crippen LogP contribution in [0, 0.1) is 0 Å². The third-order valence-corrected chi connectivity index (χ3v) is 3.08. The highest BCUT2D eigenvalue weighted by atomic mass is 32.1. The van der Waals surface area contributed by atoms with E-state index in [9.17, 15) is 9.59 Å². The molecule has 0 aromatic carbocycles. The summed E-state index contributed by atoms with van der Waals surface area (Å²) in [6.45, 7) is 0. The minimum absolute atomic E-state index is 0.00157. The van der Waals surface area contributed by atoms with Crippen molar-refractivity contribution in [2.24, 2.45) is 0 Å². The van der Waals surface area contributed by atoms with Crippen molar-refractivity contribution >= 4 is 40.5 Å². The van der Waals surface area contributed by atoms with Gasteiger partial charge in [0.05, 0.1) is 11.1 Å². The monoisotopic (exact) mass is 295 g/mol. The van der Waals surface area contributed by atoms with Gasteiger partial charge in [0.15, 0.2) is 10.9 Å². The zero-order valence-corrected chi connectivity index (χ0v) is 11.1. The maximum Gasteiger partial charge on any atom is 0.305 e. The molecule has 2 aromatic heterocycles. The Hall–Kier alpha value is -2.19. The number of hydrogen-bond donors (Lipinski definition) is 3. The Balaban J connectivity index is 1.79. The first kappa shape index (κ1) is 13.2. The van der Waals surface area contributed by atoms with Gasteiger partial charge in [0.2, 0.25) is 0 Å². The minimum atomic E-state index is -0.488. The second-order valence-electron chi connectivity index (χ2n) is 3.32. The van der Waals surface area contributed by atoms with Crippen LogP contribution >= 0.6 is 23.6 Å². The third-order valence-electron chi connectivity index (χ3n) is 2.01. The van der Waals surface area contributed by atoms with Crippen molar-refractivity contribution in [3.8, 4) is 0 Å². The fourth-order valence-electron chi connectivity index (χ4n) is 1.19. The molecule has 0 saturated heterocycles. The Morgan fingerprint density at radius 1 is 1.16 bits per heavy atom. The molecule has 0 saturated carbocycles. The summed E-state index contributed by atoms with van der Waals surface area (Å²) in [6, 6.07) is 6.52. The maximum atomic E-state index is 11.6. The van der Waals surface area contributed by atoms with Gasteiger partial charge in [0.1, 0.15) is 0 Å². The summed E-state index contributed by atoms with van der Waals surface area (Å²) in [5, 5.41) is 4.21. The lowest BCUT2D eigenvalue weighted by molar-refractivity contribution is 0.0910. The van der Waals surface area contributed by atoms with E-state index in [-0.39, 0.29) is 16.8 Å². The molecule has 3 N–H and O–H groups in total. The molecule has 2 rings (SSSR count). The molecule has 0 radical (unpaired) electrons. The van der Waals surface area contributed by atoms with Crippen LogP contribution in [0.2, 0.25) is 0 Å². The Morgan fingerprint density at radius 3 is 2.63 bits per heavy atom. The van der Waals surface area contributed by atoms with Crippen LogP contribution in [0.5, 0.6) is 0 Å². The van der Waals surface area contributed by atoms with Crippen LogP contribution in [0.25, 0.3) is 0 Å². The van der Waals surface area contributed by atoms with Gasteiger partial charge in [-0.3, -0.25) is 25.8 Å². The molecule has 98 valence electrons. The highest BCUT2D eigenvalue weighted by molar-refractivity contribution is 7.80. The van der Waals surface area contributed by atoms with Crippen molar-refractivity contribution in [1.82, 2.24) is 16.2 Å². The van der Waals surface area contributed by atoms with Crippen LogP contribution in [0.15, 0.2) is 40.3 Å². The summed E-state index contributed by atoms with van der Waals surface area (Å²) in [5.41, 5.74) is 4.71. The number of carbonyl (C=O) groups excluding carboxylic acids is 2. The topological polar surface area (TPSA) is 83.4 Å². The summed E-state index contributed by atoms with van der Waals surface area (Å²) in [4.78, 5) is 23.6. The quantitative estimate of drug-likeness (QED) is 0.574. The molecule has 0 spiro atoms. The predicted molar refractivity (Wildman–Crippen MR) is 73.7 cm³/mol. The van der Waals surface area contributed by atoms with Crippen LogP contribution in [-0.4, -0.2) is 16.9 Å². The van der Waals surface area contributed by atoms with Gasteiger partial charge >= 0.3 is 5.91 Å². The number of thiophene rings is 1. The molecule has 0 atom stereocenters. The van der Waals surface area contributed by atoms with Crippen molar-refractivity contribution in [2.45, 2.75) is 0 Å². The molecule has 0 bridgehead atoms. The van der Waals surface area contributed by atoms with Gasteiger partial charge in [0.25, 0.3) is 5.91 Å². The second kappa shape index (κ2) is 6.12. The van der Waals surface area contributed by atoms with Crippen molar-refractivity contribution in [2.75, 3.05) is 0 Å². The molecule has 0 aliphatic rings. The van der Waals surface area contributed by atoms with Gasteiger partial charge in [-0.15, -0.1) is 11.3 Å². The summed E-state index contributed by atoms with van der Waals surface area (Å²) < 4.78 is 4.89. The molecular formula is C11H9N3O3S2. The SMILES string of the molecule is O=C(NNC(=S)NC(=O)c1cccs1)c1ccco1. The lowest BCUT2D eigenvalue weighted by atomic mass is 10.4. The molecule has 0 unspecified atom stereocenters. The largest absolute Gasteiger partial charge is 0.459 e. The molecule has 2 aromatic rings. The van der Waals surface area contributed by atoms with Crippen LogP contribution in [0.1, 0.15) is 20.2 Å². The summed E-state index contributed by atoms with van der Waals surface area (Å²) in [5.74, 6) is -0.683. The van der Waals surface area contributed by atoms with Gasteiger partial charge in [-0.05, 0) is 35.8 Å². The van der Waals surface area contributed by atoms with E-state index in [1.54, 1.807) is 23.6 Å². The Labute approximate surface area is 117 Å².